The molecule has 0 aliphatic rings. The van der Waals surface area contributed by atoms with Crippen molar-refractivity contribution in [3.8, 4) is 23.0 Å². The van der Waals surface area contributed by atoms with Crippen LogP contribution < -0.4 is 18.9 Å². The molecule has 0 aliphatic heterocycles. The van der Waals surface area contributed by atoms with E-state index in [0.29, 0.717) is 42.3 Å². The lowest BCUT2D eigenvalue weighted by atomic mass is 10.1. The molecule has 0 fully saturated rings. The molecule has 0 spiro atoms. The van der Waals surface area contributed by atoms with E-state index in [9.17, 15) is 14.7 Å². The maximum atomic E-state index is 12.8. The number of carbonyl (C=O) groups excluding carboxylic acids is 2. The van der Waals surface area contributed by atoms with Crippen molar-refractivity contribution in [3.05, 3.63) is 89.5 Å². The highest BCUT2D eigenvalue weighted by Gasteiger charge is 2.15. The number of aliphatic hydroxyl groups is 1. The van der Waals surface area contributed by atoms with Gasteiger partial charge in [-0.25, -0.2) is 0 Å². The summed E-state index contributed by atoms with van der Waals surface area (Å²) in [6.07, 6.45) is 13.0. The Morgan fingerprint density at radius 1 is 0.756 bits per heavy atom. The molecule has 1 unspecified atom stereocenters. The van der Waals surface area contributed by atoms with E-state index in [1.54, 1.807) is 42.5 Å². The van der Waals surface area contributed by atoms with E-state index < -0.39 is 12.1 Å². The Labute approximate surface area is 268 Å². The third-order valence-electron chi connectivity index (χ3n) is 7.26. The van der Waals surface area contributed by atoms with Gasteiger partial charge in [-0.2, -0.15) is 0 Å². The fourth-order valence-corrected chi connectivity index (χ4v) is 4.90. The highest BCUT2D eigenvalue weighted by Crippen LogP contribution is 2.33. The Balaban J connectivity index is 1.68. The lowest BCUT2D eigenvalue weighted by Gasteiger charge is -2.16. The Morgan fingerprint density at radius 3 is 2.11 bits per heavy atom. The summed E-state index contributed by atoms with van der Waals surface area (Å²) in [5, 5.41) is 11.2. The van der Waals surface area contributed by atoms with Gasteiger partial charge in [0.15, 0.2) is 0 Å². The molecule has 7 heteroatoms. The average Bonchev–Trinajstić information content (AvgIpc) is 3.03. The van der Waals surface area contributed by atoms with Crippen molar-refractivity contribution in [2.24, 2.45) is 0 Å². The van der Waals surface area contributed by atoms with E-state index in [2.05, 4.69) is 6.92 Å². The monoisotopic (exact) mass is 616 g/mol. The van der Waals surface area contributed by atoms with Crippen LogP contribution in [0, 0.1) is 0 Å². The number of hydrogen-bond donors (Lipinski definition) is 1. The first-order valence-corrected chi connectivity index (χ1v) is 16.2. The molecule has 7 nitrogen and oxygen atoms in total. The second-order valence-electron chi connectivity index (χ2n) is 11.1. The molecule has 3 rings (SSSR count). The summed E-state index contributed by atoms with van der Waals surface area (Å²) in [4.78, 5) is 24.3. The first-order chi connectivity index (χ1) is 21.9. The van der Waals surface area contributed by atoms with Crippen molar-refractivity contribution in [1.82, 2.24) is 0 Å². The van der Waals surface area contributed by atoms with Gasteiger partial charge in [0.2, 0.25) is 0 Å². The van der Waals surface area contributed by atoms with E-state index in [-0.39, 0.29) is 17.5 Å². The molecule has 3 aromatic rings. The molecule has 1 atom stereocenters. The molecule has 0 amide bonds. The second kappa shape index (κ2) is 20.0. The number of carbonyl (C=O) groups is 2. The van der Waals surface area contributed by atoms with Gasteiger partial charge in [-0.15, -0.1) is 0 Å². The van der Waals surface area contributed by atoms with Crippen molar-refractivity contribution < 1.29 is 33.6 Å². The molecule has 3 aromatic carbocycles. The van der Waals surface area contributed by atoms with Crippen LogP contribution in [0.4, 0.5) is 0 Å². The van der Waals surface area contributed by atoms with Crippen LogP contribution in [0.25, 0.3) is 6.08 Å². The summed E-state index contributed by atoms with van der Waals surface area (Å²) in [6, 6.07) is 19.9. The Kier molecular flexibility index (Phi) is 15.7. The van der Waals surface area contributed by atoms with Gasteiger partial charge in [0.1, 0.15) is 35.7 Å². The quantitative estimate of drug-likeness (QED) is 0.0769. The van der Waals surface area contributed by atoms with E-state index in [1.807, 2.05) is 37.3 Å². The number of unbranched alkanes of at least 4 members (excludes halogenated alkanes) is 8. The number of rotatable bonds is 20. The van der Waals surface area contributed by atoms with Gasteiger partial charge in [0, 0.05) is 36.6 Å². The highest BCUT2D eigenvalue weighted by atomic mass is 16.5. The van der Waals surface area contributed by atoms with Gasteiger partial charge in [-0.05, 0) is 43.2 Å². The Hall–Kier alpha value is -4.10. The van der Waals surface area contributed by atoms with Crippen molar-refractivity contribution in [2.75, 3.05) is 6.61 Å². The van der Waals surface area contributed by atoms with E-state index in [1.165, 1.54) is 51.5 Å². The summed E-state index contributed by atoms with van der Waals surface area (Å²) < 4.78 is 22.7. The minimum atomic E-state index is -1.02. The van der Waals surface area contributed by atoms with Gasteiger partial charge in [-0.3, -0.25) is 9.59 Å². The van der Waals surface area contributed by atoms with Crippen molar-refractivity contribution in [3.63, 3.8) is 0 Å². The second-order valence-corrected chi connectivity index (χ2v) is 11.1. The summed E-state index contributed by atoms with van der Waals surface area (Å²) >= 11 is 0. The molecular weight excluding hydrogens is 568 g/mol. The first-order valence-electron chi connectivity index (χ1n) is 16.2. The molecule has 0 aliphatic carbocycles. The van der Waals surface area contributed by atoms with Gasteiger partial charge in [0.25, 0.3) is 0 Å². The molecule has 0 aromatic heterocycles. The van der Waals surface area contributed by atoms with Crippen LogP contribution in [0.2, 0.25) is 0 Å². The molecule has 0 saturated heterocycles. The normalized spacial score (nSPS) is 11.7. The fraction of sp³-hybridized carbons (Fsp3) is 0.421. The molecule has 45 heavy (non-hydrogen) atoms. The van der Waals surface area contributed by atoms with Crippen LogP contribution in [0.15, 0.2) is 72.8 Å². The molecule has 0 radical (unpaired) electrons. The molecule has 1 N–H and O–H groups in total. The topological polar surface area (TPSA) is 91.3 Å². The molecule has 0 saturated carbocycles. The van der Waals surface area contributed by atoms with Crippen LogP contribution in [0.1, 0.15) is 108 Å². The van der Waals surface area contributed by atoms with Crippen LogP contribution in [0.5, 0.6) is 23.0 Å². The van der Waals surface area contributed by atoms with E-state index in [0.717, 1.165) is 24.8 Å². The van der Waals surface area contributed by atoms with E-state index >= 15 is 0 Å². The fourth-order valence-electron chi connectivity index (χ4n) is 4.90. The van der Waals surface area contributed by atoms with Crippen LogP contribution in [-0.4, -0.2) is 23.7 Å². The number of hydrogen-bond acceptors (Lipinski definition) is 7. The number of ether oxygens (including phenoxy) is 4. The zero-order chi connectivity index (χ0) is 32.3. The zero-order valence-corrected chi connectivity index (χ0v) is 27.0. The number of benzene rings is 3. The van der Waals surface area contributed by atoms with Crippen LogP contribution in [0.3, 0.4) is 0 Å². The smallest absolute Gasteiger partial charge is 0.311 e. The third-order valence-corrected chi connectivity index (χ3v) is 7.26. The van der Waals surface area contributed by atoms with Crippen molar-refractivity contribution in [1.29, 1.82) is 0 Å². The summed E-state index contributed by atoms with van der Waals surface area (Å²) in [5.74, 6) is 0.845. The largest absolute Gasteiger partial charge is 0.494 e. The first kappa shape index (κ1) is 35.4. The molecular formula is C38H48O7. The molecule has 0 bridgehead atoms. The zero-order valence-electron chi connectivity index (χ0n) is 27.0. The van der Waals surface area contributed by atoms with Crippen molar-refractivity contribution in [2.45, 2.75) is 97.7 Å². The molecule has 0 heterocycles. The van der Waals surface area contributed by atoms with Crippen LogP contribution >= 0.6 is 0 Å². The summed E-state index contributed by atoms with van der Waals surface area (Å²) in [6.45, 7) is 6.27. The summed E-state index contributed by atoms with van der Waals surface area (Å²) in [7, 11) is 0. The predicted molar refractivity (Wildman–Crippen MR) is 178 cm³/mol. The maximum absolute atomic E-state index is 12.8. The predicted octanol–water partition coefficient (Wildman–Crippen LogP) is 9.16. The minimum Gasteiger partial charge on any atom is -0.494 e. The number of aliphatic hydroxyl groups excluding tert-OH is 1. The van der Waals surface area contributed by atoms with Gasteiger partial charge >= 0.3 is 11.9 Å². The summed E-state index contributed by atoms with van der Waals surface area (Å²) in [5.41, 5.74) is 2.12. The average molecular weight is 617 g/mol. The standard InChI is InChI=1S/C38H48O7/c1-4-6-7-8-9-10-11-12-16-19-38(41)45-36-27-33(44-29(3)39)22-20-31(36)21-25-35(40)34-24-23-32(42-5-2)26-37(34)43-28-30-17-14-13-15-18-30/h13-15,17-18,20-27,35,40H,4-12,16,19,28H2,1-3H3. The lowest BCUT2D eigenvalue weighted by Crippen LogP contribution is -2.09. The van der Waals surface area contributed by atoms with Crippen LogP contribution in [-0.2, 0) is 16.2 Å². The van der Waals surface area contributed by atoms with E-state index in [4.69, 9.17) is 18.9 Å². The van der Waals surface area contributed by atoms with Gasteiger partial charge < -0.3 is 24.1 Å². The highest BCUT2D eigenvalue weighted by molar-refractivity contribution is 5.75. The Bertz CT molecular complexity index is 1350. The van der Waals surface area contributed by atoms with Gasteiger partial charge in [0.05, 0.1) is 6.61 Å². The minimum absolute atomic E-state index is 0.255. The molecule has 242 valence electrons. The lowest BCUT2D eigenvalue weighted by molar-refractivity contribution is -0.134. The Morgan fingerprint density at radius 2 is 1.42 bits per heavy atom. The maximum Gasteiger partial charge on any atom is 0.311 e. The SMILES string of the molecule is CCCCCCCCCCCC(=O)Oc1cc(OC(C)=O)ccc1C=CC(O)c1ccc(OCC)cc1OCc1ccccc1. The van der Waals surface area contributed by atoms with Crippen molar-refractivity contribution >= 4 is 18.0 Å². The number of esters is 2. The third kappa shape index (κ3) is 13.2. The van der Waals surface area contributed by atoms with Gasteiger partial charge in [-0.1, -0.05) is 101 Å².